The van der Waals surface area contributed by atoms with Crippen LogP contribution in [0.2, 0.25) is 0 Å². The number of fused-ring (bicyclic) bond motifs is 1. The molecule has 0 atom stereocenters. The normalized spacial score (nSPS) is 14.6. The standard InChI is InChI=1S/C12H18N4O3S/c1-14-20(18,19)5-4-15-11-7-10-8(6-9(11)13)2-3-12(17)16-10/h6-7,14-15H,2-5,13H2,1H3,(H,16,17). The SMILES string of the molecule is CNS(=O)(=O)CCNc1cc2c(cc1N)CCC(=O)N2. The maximum atomic E-state index is 11.4. The van der Waals surface area contributed by atoms with E-state index in [1.165, 1.54) is 7.05 Å². The van der Waals surface area contributed by atoms with Crippen LogP contribution < -0.4 is 21.1 Å². The molecule has 0 saturated heterocycles. The van der Waals surface area contributed by atoms with E-state index in [0.717, 1.165) is 11.3 Å². The summed E-state index contributed by atoms with van der Waals surface area (Å²) in [7, 11) is -1.88. The molecule has 1 aliphatic heterocycles. The Bertz CT molecular complexity index is 628. The molecule has 0 aliphatic carbocycles. The summed E-state index contributed by atoms with van der Waals surface area (Å²) in [4.78, 5) is 11.4. The first-order valence-corrected chi connectivity index (χ1v) is 7.94. The molecular weight excluding hydrogens is 280 g/mol. The van der Waals surface area contributed by atoms with Crippen LogP contribution in [0.25, 0.3) is 0 Å². The Morgan fingerprint density at radius 3 is 2.80 bits per heavy atom. The van der Waals surface area contributed by atoms with Gasteiger partial charge in [0.15, 0.2) is 0 Å². The fourth-order valence-electron chi connectivity index (χ4n) is 2.02. The van der Waals surface area contributed by atoms with E-state index in [2.05, 4.69) is 15.4 Å². The number of aryl methyl sites for hydroxylation is 1. The van der Waals surface area contributed by atoms with Crippen molar-refractivity contribution in [3.05, 3.63) is 17.7 Å². The van der Waals surface area contributed by atoms with Gasteiger partial charge in [0.05, 0.1) is 17.1 Å². The van der Waals surface area contributed by atoms with Gasteiger partial charge in [0, 0.05) is 18.7 Å². The number of benzene rings is 1. The molecule has 0 unspecified atom stereocenters. The van der Waals surface area contributed by atoms with Crippen molar-refractivity contribution in [1.29, 1.82) is 0 Å². The van der Waals surface area contributed by atoms with Crippen LogP contribution in [0.3, 0.4) is 0 Å². The number of anilines is 3. The topological polar surface area (TPSA) is 113 Å². The minimum absolute atomic E-state index is 0.0222. The van der Waals surface area contributed by atoms with Gasteiger partial charge in [0.25, 0.3) is 0 Å². The van der Waals surface area contributed by atoms with Crippen molar-refractivity contribution in [2.75, 3.05) is 35.7 Å². The lowest BCUT2D eigenvalue weighted by Crippen LogP contribution is -2.26. The summed E-state index contributed by atoms with van der Waals surface area (Å²) in [5.41, 5.74) is 8.81. The van der Waals surface area contributed by atoms with Crippen molar-refractivity contribution in [2.24, 2.45) is 0 Å². The molecule has 0 saturated carbocycles. The minimum atomic E-state index is -3.25. The smallest absolute Gasteiger partial charge is 0.224 e. The van der Waals surface area contributed by atoms with Gasteiger partial charge in [-0.05, 0) is 31.2 Å². The summed E-state index contributed by atoms with van der Waals surface area (Å²) in [6.45, 7) is 0.236. The first-order valence-electron chi connectivity index (χ1n) is 6.28. The summed E-state index contributed by atoms with van der Waals surface area (Å²) < 4.78 is 24.9. The molecule has 110 valence electrons. The lowest BCUT2D eigenvalue weighted by molar-refractivity contribution is -0.116. The third kappa shape index (κ3) is 3.40. The van der Waals surface area contributed by atoms with Crippen LogP contribution in [0.4, 0.5) is 17.1 Å². The number of nitrogen functional groups attached to an aromatic ring is 1. The highest BCUT2D eigenvalue weighted by molar-refractivity contribution is 7.89. The zero-order chi connectivity index (χ0) is 14.8. The van der Waals surface area contributed by atoms with E-state index in [1.54, 1.807) is 6.07 Å². The van der Waals surface area contributed by atoms with E-state index in [1.807, 2.05) is 6.07 Å². The first kappa shape index (κ1) is 14.6. The molecule has 5 N–H and O–H groups in total. The fraction of sp³-hybridized carbons (Fsp3) is 0.417. The molecule has 0 fully saturated rings. The van der Waals surface area contributed by atoms with Crippen LogP contribution in [0.1, 0.15) is 12.0 Å². The Kier molecular flexibility index (Phi) is 4.15. The summed E-state index contributed by atoms with van der Waals surface area (Å²) >= 11 is 0. The molecule has 7 nitrogen and oxygen atoms in total. The van der Waals surface area contributed by atoms with Gasteiger partial charge in [-0.15, -0.1) is 0 Å². The van der Waals surface area contributed by atoms with E-state index >= 15 is 0 Å². The van der Waals surface area contributed by atoms with E-state index in [4.69, 9.17) is 5.73 Å². The van der Waals surface area contributed by atoms with Gasteiger partial charge in [-0.3, -0.25) is 4.79 Å². The van der Waals surface area contributed by atoms with Gasteiger partial charge >= 0.3 is 0 Å². The number of sulfonamides is 1. The van der Waals surface area contributed by atoms with E-state index in [-0.39, 0.29) is 18.2 Å². The van der Waals surface area contributed by atoms with Crippen LogP contribution in [-0.2, 0) is 21.2 Å². The monoisotopic (exact) mass is 298 g/mol. The third-order valence-corrected chi connectivity index (χ3v) is 4.53. The maximum Gasteiger partial charge on any atom is 0.224 e. The summed E-state index contributed by atoms with van der Waals surface area (Å²) in [5, 5.41) is 5.75. The Hall–Kier alpha value is -1.80. The molecule has 1 amide bonds. The van der Waals surface area contributed by atoms with Crippen molar-refractivity contribution in [2.45, 2.75) is 12.8 Å². The summed E-state index contributed by atoms with van der Waals surface area (Å²) in [6, 6.07) is 3.55. The molecule has 0 bridgehead atoms. The van der Waals surface area contributed by atoms with Gasteiger partial charge in [0.1, 0.15) is 0 Å². The largest absolute Gasteiger partial charge is 0.397 e. The third-order valence-electron chi connectivity index (χ3n) is 3.17. The molecule has 1 aliphatic rings. The Morgan fingerprint density at radius 2 is 2.10 bits per heavy atom. The van der Waals surface area contributed by atoms with Crippen molar-refractivity contribution < 1.29 is 13.2 Å². The van der Waals surface area contributed by atoms with Crippen molar-refractivity contribution in [3.63, 3.8) is 0 Å². The van der Waals surface area contributed by atoms with E-state index in [9.17, 15) is 13.2 Å². The second kappa shape index (κ2) is 5.68. The highest BCUT2D eigenvalue weighted by Gasteiger charge is 2.16. The molecule has 0 aromatic heterocycles. The molecule has 0 spiro atoms. The predicted molar refractivity (Wildman–Crippen MR) is 79.1 cm³/mol. The molecule has 0 radical (unpaired) electrons. The Labute approximate surface area is 118 Å². The number of nitrogens with one attached hydrogen (secondary N) is 3. The molecule has 8 heteroatoms. The Morgan fingerprint density at radius 1 is 1.35 bits per heavy atom. The second-order valence-corrected chi connectivity index (χ2v) is 6.64. The quantitative estimate of drug-likeness (QED) is 0.576. The molecule has 2 rings (SSSR count). The number of nitrogens with two attached hydrogens (primary N) is 1. The summed E-state index contributed by atoms with van der Waals surface area (Å²) in [6.07, 6.45) is 1.12. The average molecular weight is 298 g/mol. The number of amides is 1. The van der Waals surface area contributed by atoms with Gasteiger partial charge in [-0.1, -0.05) is 0 Å². The summed E-state index contributed by atoms with van der Waals surface area (Å²) in [5.74, 6) is -0.0715. The number of hydrogen-bond acceptors (Lipinski definition) is 5. The zero-order valence-corrected chi connectivity index (χ0v) is 12.0. The predicted octanol–water partition coefficient (Wildman–Crippen LogP) is 0.115. The molecule has 1 heterocycles. The van der Waals surface area contributed by atoms with Crippen molar-refractivity contribution >= 4 is 33.0 Å². The molecule has 1 aromatic carbocycles. The minimum Gasteiger partial charge on any atom is -0.397 e. The molecule has 20 heavy (non-hydrogen) atoms. The van der Waals surface area contributed by atoms with E-state index < -0.39 is 10.0 Å². The van der Waals surface area contributed by atoms with Crippen LogP contribution in [0, 0.1) is 0 Å². The Balaban J connectivity index is 2.09. The average Bonchev–Trinajstić information content (AvgIpc) is 2.40. The highest BCUT2D eigenvalue weighted by atomic mass is 32.2. The van der Waals surface area contributed by atoms with E-state index in [0.29, 0.717) is 24.2 Å². The number of hydrogen-bond donors (Lipinski definition) is 4. The highest BCUT2D eigenvalue weighted by Crippen LogP contribution is 2.30. The molecular formula is C12H18N4O3S. The van der Waals surface area contributed by atoms with Crippen LogP contribution in [0.15, 0.2) is 12.1 Å². The van der Waals surface area contributed by atoms with Gasteiger partial charge in [-0.2, -0.15) is 0 Å². The van der Waals surface area contributed by atoms with Gasteiger partial charge < -0.3 is 16.4 Å². The fourth-order valence-corrected chi connectivity index (χ4v) is 2.60. The van der Waals surface area contributed by atoms with Gasteiger partial charge in [-0.25, -0.2) is 13.1 Å². The lowest BCUT2D eigenvalue weighted by Gasteiger charge is -2.19. The lowest BCUT2D eigenvalue weighted by atomic mass is 10.0. The van der Waals surface area contributed by atoms with Crippen LogP contribution in [0.5, 0.6) is 0 Å². The maximum absolute atomic E-state index is 11.4. The number of carbonyl (C=O) groups is 1. The second-order valence-electron chi connectivity index (χ2n) is 4.59. The van der Waals surface area contributed by atoms with Crippen LogP contribution in [-0.4, -0.2) is 33.7 Å². The zero-order valence-electron chi connectivity index (χ0n) is 11.2. The molecule has 1 aromatic rings. The number of carbonyl (C=O) groups excluding carboxylic acids is 1. The van der Waals surface area contributed by atoms with Crippen LogP contribution >= 0.6 is 0 Å². The van der Waals surface area contributed by atoms with Crippen molar-refractivity contribution in [3.8, 4) is 0 Å². The number of rotatable bonds is 5. The van der Waals surface area contributed by atoms with Gasteiger partial charge in [0.2, 0.25) is 15.9 Å². The van der Waals surface area contributed by atoms with Crippen molar-refractivity contribution in [1.82, 2.24) is 4.72 Å². The first-order chi connectivity index (χ1) is 9.41.